The summed E-state index contributed by atoms with van der Waals surface area (Å²) >= 11 is 0. The summed E-state index contributed by atoms with van der Waals surface area (Å²) in [5, 5.41) is 17.8. The van der Waals surface area contributed by atoms with Gasteiger partial charge in [-0.2, -0.15) is 0 Å². The van der Waals surface area contributed by atoms with Crippen molar-refractivity contribution in [3.8, 4) is 0 Å². The van der Waals surface area contributed by atoms with Crippen molar-refractivity contribution >= 4 is 41.0 Å². The van der Waals surface area contributed by atoms with Gasteiger partial charge in [-0.15, -0.1) is 0 Å². The summed E-state index contributed by atoms with van der Waals surface area (Å²) in [6.45, 7) is 4.79. The summed E-state index contributed by atoms with van der Waals surface area (Å²) in [5.41, 5.74) is 11.2. The normalized spacial score (nSPS) is 22.7. The van der Waals surface area contributed by atoms with Gasteiger partial charge < -0.3 is 47.3 Å². The molecule has 2 heterocycles. The molecule has 3 aliphatic rings. The maximum atomic E-state index is 15.0. The van der Waals surface area contributed by atoms with Gasteiger partial charge in [-0.05, 0) is 91.4 Å². The van der Waals surface area contributed by atoms with Crippen LogP contribution in [-0.2, 0) is 59.3 Å². The van der Waals surface area contributed by atoms with Crippen LogP contribution in [0.5, 0.6) is 0 Å². The molecule has 6 amide bonds. The zero-order valence-electron chi connectivity index (χ0n) is 39.5. The van der Waals surface area contributed by atoms with Crippen LogP contribution in [0.3, 0.4) is 0 Å². The monoisotopic (exact) mass is 929 g/mol. The molecule has 0 aromatic heterocycles. The smallest absolute Gasteiger partial charge is 0.246 e. The number of ether oxygens (including phenoxy) is 1. The quantitative estimate of drug-likeness (QED) is 0.118. The van der Waals surface area contributed by atoms with E-state index in [2.05, 4.69) is 63.1 Å². The van der Waals surface area contributed by atoms with Crippen LogP contribution < -0.4 is 37.6 Å². The third-order valence-electron chi connectivity index (χ3n) is 12.9. The lowest BCUT2D eigenvalue weighted by molar-refractivity contribution is -0.141. The van der Waals surface area contributed by atoms with Crippen LogP contribution in [-0.4, -0.2) is 112 Å². The molecular weight excluding hydrogens is 861 g/mol. The number of fused-ring (bicyclic) bond motifs is 3. The second kappa shape index (κ2) is 25.6. The Balaban J connectivity index is 1.30. The Kier molecular flexibility index (Phi) is 19.2. The molecule has 2 aliphatic heterocycles. The second-order valence-electron chi connectivity index (χ2n) is 18.0. The first-order valence-corrected chi connectivity index (χ1v) is 23.9. The van der Waals surface area contributed by atoms with Crippen molar-refractivity contribution in [3.63, 3.8) is 0 Å². The lowest BCUT2D eigenvalue weighted by Gasteiger charge is -2.42. The first kappa shape index (κ1) is 51.0. The van der Waals surface area contributed by atoms with Gasteiger partial charge in [-0.25, -0.2) is 0 Å². The third-order valence-corrected chi connectivity index (χ3v) is 12.9. The van der Waals surface area contributed by atoms with Crippen LogP contribution in [0.2, 0.25) is 0 Å². The van der Waals surface area contributed by atoms with Crippen LogP contribution in [0.25, 0.3) is 5.57 Å². The third kappa shape index (κ3) is 14.8. The number of allylic oxidation sites excluding steroid dienone is 3. The van der Waals surface area contributed by atoms with E-state index in [1.165, 1.54) is 17.2 Å². The minimum Gasteiger partial charge on any atom is -0.378 e. The first-order valence-electron chi connectivity index (χ1n) is 23.9. The van der Waals surface area contributed by atoms with Gasteiger partial charge in [0, 0.05) is 57.8 Å². The lowest BCUT2D eigenvalue weighted by atomic mass is 9.74. The highest BCUT2D eigenvalue weighted by atomic mass is 16.5. The Hall–Kier alpha value is -6.42. The molecule has 3 aromatic rings. The molecule has 15 nitrogen and oxygen atoms in total. The molecule has 2 bridgehead atoms. The van der Waals surface area contributed by atoms with Gasteiger partial charge >= 0.3 is 0 Å². The molecule has 68 heavy (non-hydrogen) atoms. The molecule has 0 spiro atoms. The van der Waals surface area contributed by atoms with Crippen LogP contribution >= 0.6 is 0 Å². The number of hydrogen-bond donors (Lipinski definition) is 7. The van der Waals surface area contributed by atoms with Gasteiger partial charge in [-0.3, -0.25) is 28.8 Å². The maximum absolute atomic E-state index is 15.0. The minimum atomic E-state index is -1.10. The average molecular weight is 929 g/mol. The summed E-state index contributed by atoms with van der Waals surface area (Å²) in [6, 6.07) is 23.0. The summed E-state index contributed by atoms with van der Waals surface area (Å²) in [5.74, 6) is -2.30. The summed E-state index contributed by atoms with van der Waals surface area (Å²) in [7, 11) is 1.96. The standard InChI is InChI=1S/C53H68N8O7/c1-37-31-39(21-25-55-2)15-18-44(37)41-16-13-38(14-17-41)32-46-51(66)58-35-43-12-7-6-11-42(43)33-48(63)59-45(50(65)57-27-30-68-29-24-54)22-26-56-47(62)19-20-49(64)61-28-8-23-53(36-61,52(67)60-46)34-40-9-4-3-5-10-40/h3-7,9-20,37,45-46,55H,8,21-36,54H2,1-2H3,(H,56,62)(H,57,65)(H,58,66)(H,59,63)(H,60,67)/b20-19+/t37?,45-,46-,53-/m0/s1. The highest BCUT2D eigenvalue weighted by molar-refractivity contribution is 5.97. The summed E-state index contributed by atoms with van der Waals surface area (Å²) < 4.78 is 5.38. The van der Waals surface area contributed by atoms with Gasteiger partial charge in [0.05, 0.1) is 25.0 Å². The van der Waals surface area contributed by atoms with Crippen molar-refractivity contribution in [1.82, 2.24) is 36.8 Å². The maximum Gasteiger partial charge on any atom is 0.246 e. The highest BCUT2D eigenvalue weighted by Gasteiger charge is 2.44. The van der Waals surface area contributed by atoms with E-state index in [4.69, 9.17) is 10.5 Å². The molecule has 1 unspecified atom stereocenters. The lowest BCUT2D eigenvalue weighted by Crippen LogP contribution is -2.58. The number of nitrogens with two attached hydrogens (primary N) is 1. The fourth-order valence-corrected chi connectivity index (χ4v) is 9.20. The van der Waals surface area contributed by atoms with E-state index in [0.717, 1.165) is 42.2 Å². The van der Waals surface area contributed by atoms with Gasteiger partial charge in [0.15, 0.2) is 0 Å². The zero-order chi connectivity index (χ0) is 48.3. The Morgan fingerprint density at radius 2 is 1.63 bits per heavy atom. The molecule has 1 saturated heterocycles. The number of benzene rings is 3. The fourth-order valence-electron chi connectivity index (χ4n) is 9.20. The Morgan fingerprint density at radius 3 is 2.38 bits per heavy atom. The molecule has 1 aliphatic carbocycles. The number of rotatable bonds is 14. The van der Waals surface area contributed by atoms with E-state index in [1.54, 1.807) is 17.0 Å². The Labute approximate surface area is 400 Å². The molecule has 1 fully saturated rings. The second-order valence-corrected chi connectivity index (χ2v) is 18.0. The van der Waals surface area contributed by atoms with E-state index in [9.17, 15) is 28.8 Å². The number of piperidine rings is 1. The van der Waals surface area contributed by atoms with E-state index >= 15 is 0 Å². The van der Waals surface area contributed by atoms with Crippen molar-refractivity contribution in [2.45, 2.75) is 76.9 Å². The largest absolute Gasteiger partial charge is 0.378 e. The molecule has 362 valence electrons. The topological polar surface area (TPSA) is 213 Å². The molecule has 0 radical (unpaired) electrons. The zero-order valence-corrected chi connectivity index (χ0v) is 39.5. The number of carbonyl (C=O) groups is 6. The predicted octanol–water partition coefficient (Wildman–Crippen LogP) is 3.04. The van der Waals surface area contributed by atoms with Crippen molar-refractivity contribution in [2.75, 3.05) is 59.5 Å². The van der Waals surface area contributed by atoms with Gasteiger partial charge in [-0.1, -0.05) is 104 Å². The van der Waals surface area contributed by atoms with Crippen molar-refractivity contribution in [1.29, 1.82) is 0 Å². The Bertz CT molecular complexity index is 2310. The Morgan fingerprint density at radius 1 is 0.868 bits per heavy atom. The van der Waals surface area contributed by atoms with Crippen molar-refractivity contribution in [3.05, 3.63) is 137 Å². The van der Waals surface area contributed by atoms with Gasteiger partial charge in [0.1, 0.15) is 12.1 Å². The number of nitrogens with one attached hydrogen (secondary N) is 6. The van der Waals surface area contributed by atoms with E-state index < -0.39 is 47.0 Å². The fraction of sp³-hybridized carbons (Fsp3) is 0.434. The van der Waals surface area contributed by atoms with E-state index in [-0.39, 0.29) is 58.0 Å². The molecule has 3 aromatic carbocycles. The van der Waals surface area contributed by atoms with Gasteiger partial charge in [0.2, 0.25) is 35.4 Å². The van der Waals surface area contributed by atoms with Crippen molar-refractivity contribution < 1.29 is 33.5 Å². The highest BCUT2D eigenvalue weighted by Crippen LogP contribution is 2.36. The van der Waals surface area contributed by atoms with E-state index in [1.807, 2.05) is 61.6 Å². The molecule has 6 rings (SSSR count). The number of hydrogen-bond acceptors (Lipinski definition) is 9. The summed E-state index contributed by atoms with van der Waals surface area (Å²) in [4.78, 5) is 84.9. The minimum absolute atomic E-state index is 0.0184. The van der Waals surface area contributed by atoms with Crippen LogP contribution in [0.1, 0.15) is 66.8 Å². The number of amides is 6. The first-order chi connectivity index (χ1) is 33.0. The number of nitrogens with zero attached hydrogens (tertiary/aromatic N) is 1. The van der Waals surface area contributed by atoms with Crippen molar-refractivity contribution in [2.24, 2.45) is 17.1 Å². The molecular formula is C53H68N8O7. The van der Waals surface area contributed by atoms with E-state index in [0.29, 0.717) is 56.0 Å². The average Bonchev–Trinajstić information content (AvgIpc) is 3.34. The SMILES string of the molecule is CNCCC1=CC=C(c2ccc(C[C@@H]3NC(=O)[C@]4(Cc5ccccc5)CCCN(C4)C(=O)/C=C/C(=O)NCC[C@@H](C(=O)NCCOCCN)NC(=O)Cc4ccccc4CNC3=O)cc2)C(C)C1. The molecule has 8 N–H and O–H groups in total. The van der Waals surface area contributed by atoms with Crippen LogP contribution in [0.4, 0.5) is 0 Å². The molecule has 0 saturated carbocycles. The number of carbonyl (C=O) groups excluding carboxylic acids is 6. The van der Waals surface area contributed by atoms with Crippen LogP contribution in [0, 0.1) is 11.3 Å². The summed E-state index contributed by atoms with van der Waals surface area (Å²) in [6.07, 6.45) is 10.2. The van der Waals surface area contributed by atoms with Crippen LogP contribution in [0.15, 0.2) is 109 Å². The predicted molar refractivity (Wildman–Crippen MR) is 262 cm³/mol. The van der Waals surface area contributed by atoms with Gasteiger partial charge in [0.25, 0.3) is 0 Å². The molecule has 15 heteroatoms. The molecule has 4 atom stereocenters.